The van der Waals surface area contributed by atoms with E-state index in [4.69, 9.17) is 0 Å². The van der Waals surface area contributed by atoms with Crippen LogP contribution in [0.2, 0.25) is 0 Å². The van der Waals surface area contributed by atoms with Crippen LogP contribution in [0.1, 0.15) is 36.0 Å². The Kier molecular flexibility index (Phi) is 4.59. The summed E-state index contributed by atoms with van der Waals surface area (Å²) in [5.41, 5.74) is -2.34. The first kappa shape index (κ1) is 21.8. The first-order chi connectivity index (χ1) is 16.6. The fourth-order valence-corrected chi connectivity index (χ4v) is 5.29. The van der Waals surface area contributed by atoms with Crippen molar-refractivity contribution < 1.29 is 27.9 Å². The minimum absolute atomic E-state index is 0.0373. The molecular weight excluding hydrogens is 465 g/mol. The van der Waals surface area contributed by atoms with E-state index in [0.717, 1.165) is 30.0 Å². The lowest BCUT2D eigenvalue weighted by molar-refractivity contribution is -0.117. The van der Waals surface area contributed by atoms with Crippen LogP contribution < -0.4 is 15.6 Å². The van der Waals surface area contributed by atoms with Crippen molar-refractivity contribution in [3.05, 3.63) is 63.7 Å². The van der Waals surface area contributed by atoms with E-state index in [1.807, 2.05) is 0 Å². The Hall–Kier alpha value is -3.73. The number of fused-ring (bicyclic) bond motifs is 1. The summed E-state index contributed by atoms with van der Waals surface area (Å²) >= 11 is 0. The highest BCUT2D eigenvalue weighted by Gasteiger charge is 2.57. The molecule has 4 fully saturated rings. The summed E-state index contributed by atoms with van der Waals surface area (Å²) in [5, 5.41) is 12.6. The van der Waals surface area contributed by atoms with E-state index < -0.39 is 46.5 Å². The van der Waals surface area contributed by atoms with Crippen molar-refractivity contribution in [2.24, 2.45) is 5.92 Å². The number of β-amino-alcohol motifs (C(OH)–C–C–N with tert-alkyl or cyclic N) is 1. The molecule has 0 unspecified atom stereocenters. The van der Waals surface area contributed by atoms with E-state index in [1.165, 1.54) is 17.0 Å². The fourth-order valence-electron chi connectivity index (χ4n) is 5.29. The monoisotopic (exact) mass is 484 g/mol. The number of anilines is 1. The van der Waals surface area contributed by atoms with Crippen molar-refractivity contribution in [3.63, 3.8) is 0 Å². The zero-order valence-corrected chi connectivity index (χ0v) is 18.2. The number of aromatic nitrogens is 2. The molecule has 0 radical (unpaired) electrons. The molecule has 3 aliphatic carbocycles. The minimum Gasteiger partial charge on any atom is -0.391 e. The van der Waals surface area contributed by atoms with Crippen molar-refractivity contribution in [1.82, 2.24) is 14.9 Å². The van der Waals surface area contributed by atoms with Gasteiger partial charge >= 0.3 is 0 Å². The predicted octanol–water partition coefficient (Wildman–Crippen LogP) is 2.18. The molecule has 3 saturated carbocycles. The molecule has 180 valence electrons. The van der Waals surface area contributed by atoms with Crippen LogP contribution in [0.15, 0.2) is 35.3 Å². The molecule has 1 saturated heterocycles. The molecule has 7 rings (SSSR count). The first-order valence-corrected chi connectivity index (χ1v) is 11.2. The summed E-state index contributed by atoms with van der Waals surface area (Å²) in [6.07, 6.45) is 2.43. The van der Waals surface area contributed by atoms with Crippen molar-refractivity contribution in [1.29, 1.82) is 0 Å². The summed E-state index contributed by atoms with van der Waals surface area (Å²) in [5.74, 6) is -4.13. The number of pyridine rings is 2. The lowest BCUT2D eigenvalue weighted by atomic mass is 9.50. The van der Waals surface area contributed by atoms with Crippen molar-refractivity contribution >= 4 is 28.7 Å². The molecule has 1 atom stereocenters. The highest BCUT2D eigenvalue weighted by Crippen LogP contribution is 2.57. The molecule has 2 bridgehead atoms. The molecule has 2 N–H and O–H groups in total. The Balaban J connectivity index is 1.55. The second-order valence-electron chi connectivity index (χ2n) is 9.58. The Morgan fingerprint density at radius 2 is 1.80 bits per heavy atom. The quantitative estimate of drug-likeness (QED) is 0.591. The average Bonchev–Trinajstić information content (AvgIpc) is 3.08. The number of rotatable bonds is 4. The summed E-state index contributed by atoms with van der Waals surface area (Å²) < 4.78 is 44.1. The van der Waals surface area contributed by atoms with Gasteiger partial charge in [-0.15, -0.1) is 0 Å². The van der Waals surface area contributed by atoms with Gasteiger partial charge in [-0.25, -0.2) is 18.2 Å². The third kappa shape index (κ3) is 3.33. The van der Waals surface area contributed by atoms with Gasteiger partial charge in [0.1, 0.15) is 22.9 Å². The van der Waals surface area contributed by atoms with Gasteiger partial charge in [-0.3, -0.25) is 23.9 Å². The number of halogens is 3. The maximum absolute atomic E-state index is 14.8. The smallest absolute Gasteiger partial charge is 0.257 e. The van der Waals surface area contributed by atoms with E-state index in [2.05, 4.69) is 10.3 Å². The molecular formula is C24H19F3N4O4. The highest BCUT2D eigenvalue weighted by molar-refractivity contribution is 5.99. The number of hydrogen-bond acceptors (Lipinski definition) is 5. The fraction of sp³-hybridized carbons (Fsp3) is 0.333. The van der Waals surface area contributed by atoms with Crippen molar-refractivity contribution in [2.45, 2.75) is 37.3 Å². The van der Waals surface area contributed by atoms with Crippen LogP contribution in [0.5, 0.6) is 0 Å². The molecule has 2 aromatic heterocycles. The predicted molar refractivity (Wildman–Crippen MR) is 118 cm³/mol. The third-order valence-corrected chi connectivity index (χ3v) is 7.10. The zero-order valence-electron chi connectivity index (χ0n) is 18.2. The standard InChI is InChI=1S/C24H19F3N4O4/c25-12-3-16(26)20(17(27)4-12)31-10-15(23(35)29-24-6-11(7-24)8-24)21(34)14-1-2-18(28-22(14)31)30-9-13(32)5-19(30)33/h1-4,10-11,13,32H,5-9H2,(H,29,35)/t11?,13-,24?/m0/s1. The molecule has 11 heteroatoms. The second-order valence-corrected chi connectivity index (χ2v) is 9.58. The maximum Gasteiger partial charge on any atom is 0.257 e. The zero-order chi connectivity index (χ0) is 24.6. The highest BCUT2D eigenvalue weighted by atomic mass is 19.1. The molecule has 35 heavy (non-hydrogen) atoms. The van der Waals surface area contributed by atoms with Gasteiger partial charge in [0.05, 0.1) is 24.5 Å². The topological polar surface area (TPSA) is 105 Å². The number of nitrogens with zero attached hydrogens (tertiary/aromatic N) is 3. The van der Waals surface area contributed by atoms with Crippen molar-refractivity contribution in [2.75, 3.05) is 11.4 Å². The molecule has 1 aromatic carbocycles. The van der Waals surface area contributed by atoms with E-state index in [9.17, 15) is 32.7 Å². The Labute approximate surface area is 196 Å². The van der Waals surface area contributed by atoms with E-state index >= 15 is 0 Å². The molecule has 4 aliphatic rings. The van der Waals surface area contributed by atoms with Gasteiger partial charge in [-0.2, -0.15) is 0 Å². The number of aliphatic hydroxyl groups is 1. The lowest BCUT2D eigenvalue weighted by Crippen LogP contribution is -2.68. The van der Waals surface area contributed by atoms with Gasteiger partial charge < -0.3 is 10.4 Å². The van der Waals surface area contributed by atoms with Crippen LogP contribution in [-0.2, 0) is 4.79 Å². The molecule has 0 spiro atoms. The van der Waals surface area contributed by atoms with Gasteiger partial charge in [-0.05, 0) is 37.3 Å². The number of amides is 2. The number of carbonyl (C=O) groups is 2. The van der Waals surface area contributed by atoms with Crippen molar-refractivity contribution in [3.8, 4) is 5.69 Å². The van der Waals surface area contributed by atoms with E-state index in [0.29, 0.717) is 18.1 Å². The van der Waals surface area contributed by atoms with Gasteiger partial charge in [0, 0.05) is 23.9 Å². The second kappa shape index (κ2) is 7.38. The summed E-state index contributed by atoms with van der Waals surface area (Å²) in [4.78, 5) is 44.0. The molecule has 2 amide bonds. The third-order valence-electron chi connectivity index (χ3n) is 7.10. The molecule has 1 aliphatic heterocycles. The largest absolute Gasteiger partial charge is 0.391 e. The summed E-state index contributed by atoms with van der Waals surface area (Å²) in [6, 6.07) is 3.64. The van der Waals surface area contributed by atoms with Gasteiger partial charge in [0.2, 0.25) is 11.3 Å². The van der Waals surface area contributed by atoms with E-state index in [1.54, 1.807) is 0 Å². The molecule has 8 nitrogen and oxygen atoms in total. The van der Waals surface area contributed by atoms with Crippen LogP contribution in [0.25, 0.3) is 16.7 Å². The summed E-state index contributed by atoms with van der Waals surface area (Å²) in [7, 11) is 0. The van der Waals surface area contributed by atoms with Gasteiger partial charge in [-0.1, -0.05) is 0 Å². The van der Waals surface area contributed by atoms with Crippen LogP contribution in [0, 0.1) is 23.4 Å². The first-order valence-electron chi connectivity index (χ1n) is 11.2. The van der Waals surface area contributed by atoms with Crippen LogP contribution in [0.3, 0.4) is 0 Å². The van der Waals surface area contributed by atoms with Gasteiger partial charge in [0.25, 0.3) is 5.91 Å². The van der Waals surface area contributed by atoms with Crippen LogP contribution in [0.4, 0.5) is 19.0 Å². The van der Waals surface area contributed by atoms with E-state index in [-0.39, 0.29) is 40.9 Å². The van der Waals surface area contributed by atoms with Crippen LogP contribution >= 0.6 is 0 Å². The van der Waals surface area contributed by atoms with Crippen LogP contribution in [-0.4, -0.2) is 44.7 Å². The number of benzene rings is 1. The molecule has 3 aromatic rings. The van der Waals surface area contributed by atoms with Gasteiger partial charge in [0.15, 0.2) is 17.3 Å². The maximum atomic E-state index is 14.8. The molecule has 3 heterocycles. The number of carbonyl (C=O) groups excluding carboxylic acids is 2. The normalized spacial score (nSPS) is 24.9. The Morgan fingerprint density at radius 3 is 2.37 bits per heavy atom. The lowest BCUT2D eigenvalue weighted by Gasteiger charge is -2.61. The average molecular weight is 484 g/mol. The summed E-state index contributed by atoms with van der Waals surface area (Å²) in [6.45, 7) is -0.0373. The Bertz CT molecular complexity index is 1460. The number of hydrogen-bond donors (Lipinski definition) is 2. The Morgan fingerprint density at radius 1 is 1.11 bits per heavy atom. The minimum atomic E-state index is -1.27. The number of aliphatic hydroxyl groups excluding tert-OH is 1. The SMILES string of the molecule is O=C(NC12CC(C1)C2)c1cn(-c2c(F)cc(F)cc2F)c2nc(N3C[C@@H](O)CC3=O)ccc2c1=O. The number of nitrogens with one attached hydrogen (secondary N) is 1.